The predicted octanol–water partition coefficient (Wildman–Crippen LogP) is 3.81. The van der Waals surface area contributed by atoms with Gasteiger partial charge in [-0.15, -0.1) is 0 Å². The first kappa shape index (κ1) is 14.4. The number of aromatic nitrogens is 1. The molecule has 0 aliphatic rings. The number of pyridine rings is 1. The van der Waals surface area contributed by atoms with Gasteiger partial charge in [0.1, 0.15) is 5.82 Å². The lowest BCUT2D eigenvalue weighted by atomic mass is 10.2. The van der Waals surface area contributed by atoms with Crippen LogP contribution in [0.4, 0.5) is 15.9 Å². The number of nitrogens with one attached hydrogen (secondary N) is 1. The van der Waals surface area contributed by atoms with Crippen LogP contribution in [0.15, 0.2) is 34.8 Å². The predicted molar refractivity (Wildman–Crippen MR) is 77.1 cm³/mol. The van der Waals surface area contributed by atoms with Crippen molar-refractivity contribution < 1.29 is 9.31 Å². The summed E-state index contributed by atoms with van der Waals surface area (Å²) < 4.78 is 14.3. The molecule has 2 aromatic rings. The summed E-state index contributed by atoms with van der Waals surface area (Å²) in [6.07, 6.45) is 0. The maximum Gasteiger partial charge on any atom is 0.311 e. The van der Waals surface area contributed by atoms with Gasteiger partial charge in [0.15, 0.2) is 0 Å². The Kier molecular flexibility index (Phi) is 4.29. The van der Waals surface area contributed by atoms with Crippen LogP contribution >= 0.6 is 15.9 Å². The first-order chi connectivity index (χ1) is 9.47. The topological polar surface area (TPSA) is 68.1 Å². The van der Waals surface area contributed by atoms with Crippen molar-refractivity contribution in [1.29, 1.82) is 0 Å². The molecule has 0 fully saturated rings. The van der Waals surface area contributed by atoms with Crippen LogP contribution in [0.3, 0.4) is 0 Å². The first-order valence-corrected chi connectivity index (χ1v) is 6.56. The summed E-state index contributed by atoms with van der Waals surface area (Å²) in [5.41, 5.74) is 0.913. The molecular weight excluding hydrogens is 329 g/mol. The summed E-state index contributed by atoms with van der Waals surface area (Å²) in [6, 6.07) is 7.47. The molecule has 0 aliphatic heterocycles. The number of anilines is 1. The molecule has 1 N–H and O–H groups in total. The average molecular weight is 340 g/mol. The van der Waals surface area contributed by atoms with Crippen LogP contribution in [-0.2, 0) is 6.54 Å². The van der Waals surface area contributed by atoms with Crippen molar-refractivity contribution in [2.75, 3.05) is 5.32 Å². The number of halogens is 2. The van der Waals surface area contributed by atoms with Crippen molar-refractivity contribution in [2.45, 2.75) is 13.5 Å². The third-order valence-corrected chi connectivity index (χ3v) is 3.16. The highest BCUT2D eigenvalue weighted by Crippen LogP contribution is 2.23. The lowest BCUT2D eigenvalue weighted by Gasteiger charge is -2.08. The summed E-state index contributed by atoms with van der Waals surface area (Å²) in [5, 5.41) is 13.7. The molecule has 1 aromatic carbocycles. The minimum absolute atomic E-state index is 0.114. The molecule has 7 heteroatoms. The zero-order chi connectivity index (χ0) is 14.7. The highest BCUT2D eigenvalue weighted by molar-refractivity contribution is 9.10. The maximum atomic E-state index is 13.6. The second-order valence-electron chi connectivity index (χ2n) is 4.17. The van der Waals surface area contributed by atoms with Crippen LogP contribution in [0.25, 0.3) is 0 Å². The SMILES string of the molecule is Cc1ccc([N+](=O)[O-])c(NCc2cc(Br)ccc2F)n1. The summed E-state index contributed by atoms with van der Waals surface area (Å²) in [4.78, 5) is 14.5. The molecule has 0 amide bonds. The summed E-state index contributed by atoms with van der Waals surface area (Å²) >= 11 is 3.25. The van der Waals surface area contributed by atoms with Gasteiger partial charge in [-0.2, -0.15) is 0 Å². The molecule has 0 atom stereocenters. The van der Waals surface area contributed by atoms with Gasteiger partial charge < -0.3 is 5.32 Å². The molecule has 104 valence electrons. The molecular formula is C13H11BrFN3O2. The fourth-order valence-corrected chi connectivity index (χ4v) is 2.09. The van der Waals surface area contributed by atoms with Gasteiger partial charge in [0.25, 0.3) is 0 Å². The third-order valence-electron chi connectivity index (χ3n) is 2.66. The standard InChI is InChI=1S/C13H11BrFN3O2/c1-8-2-5-12(18(19)20)13(17-8)16-7-9-6-10(14)3-4-11(9)15/h2-6H,7H2,1H3,(H,16,17). The van der Waals surface area contributed by atoms with Crippen molar-refractivity contribution in [3.05, 3.63) is 62.0 Å². The van der Waals surface area contributed by atoms with Gasteiger partial charge in [-0.1, -0.05) is 15.9 Å². The molecule has 2 rings (SSSR count). The van der Waals surface area contributed by atoms with Gasteiger partial charge in [-0.25, -0.2) is 9.37 Å². The van der Waals surface area contributed by atoms with Crippen molar-refractivity contribution in [3.8, 4) is 0 Å². The smallest absolute Gasteiger partial charge is 0.311 e. The Morgan fingerprint density at radius 2 is 2.15 bits per heavy atom. The minimum atomic E-state index is -0.522. The number of hydrogen-bond donors (Lipinski definition) is 1. The third kappa shape index (κ3) is 3.30. The van der Waals surface area contributed by atoms with E-state index in [2.05, 4.69) is 26.2 Å². The van der Waals surface area contributed by atoms with Crippen molar-refractivity contribution in [2.24, 2.45) is 0 Å². The Morgan fingerprint density at radius 3 is 2.85 bits per heavy atom. The second kappa shape index (κ2) is 5.96. The van der Waals surface area contributed by atoms with Crippen LogP contribution in [-0.4, -0.2) is 9.91 Å². The van der Waals surface area contributed by atoms with E-state index in [0.29, 0.717) is 11.3 Å². The molecule has 1 aromatic heterocycles. The summed E-state index contributed by atoms with van der Waals surface area (Å²) in [7, 11) is 0. The van der Waals surface area contributed by atoms with E-state index in [4.69, 9.17) is 0 Å². The highest BCUT2D eigenvalue weighted by atomic mass is 79.9. The molecule has 0 radical (unpaired) electrons. The molecule has 0 aliphatic carbocycles. The van der Waals surface area contributed by atoms with Crippen molar-refractivity contribution >= 4 is 27.4 Å². The second-order valence-corrected chi connectivity index (χ2v) is 5.08. The van der Waals surface area contributed by atoms with Crippen LogP contribution < -0.4 is 5.32 Å². The van der Waals surface area contributed by atoms with E-state index in [1.165, 1.54) is 12.1 Å². The zero-order valence-corrected chi connectivity index (χ0v) is 12.1. The number of aryl methyl sites for hydroxylation is 1. The Balaban J connectivity index is 2.24. The fraction of sp³-hybridized carbons (Fsp3) is 0.154. The quantitative estimate of drug-likeness (QED) is 0.679. The first-order valence-electron chi connectivity index (χ1n) is 5.77. The lowest BCUT2D eigenvalue weighted by molar-refractivity contribution is -0.384. The molecule has 20 heavy (non-hydrogen) atoms. The molecule has 5 nitrogen and oxygen atoms in total. The van der Waals surface area contributed by atoms with E-state index < -0.39 is 4.92 Å². The largest absolute Gasteiger partial charge is 0.360 e. The van der Waals surface area contributed by atoms with E-state index in [1.54, 1.807) is 25.1 Å². The van der Waals surface area contributed by atoms with Gasteiger partial charge >= 0.3 is 5.69 Å². The fourth-order valence-electron chi connectivity index (χ4n) is 1.68. The summed E-state index contributed by atoms with van der Waals surface area (Å²) in [5.74, 6) is -0.245. The normalized spacial score (nSPS) is 10.3. The molecule has 0 unspecified atom stereocenters. The lowest BCUT2D eigenvalue weighted by Crippen LogP contribution is -2.06. The molecule has 1 heterocycles. The number of hydrogen-bond acceptors (Lipinski definition) is 4. The molecule has 0 saturated heterocycles. The molecule has 0 spiro atoms. The highest BCUT2D eigenvalue weighted by Gasteiger charge is 2.15. The number of nitro groups is 1. The van der Waals surface area contributed by atoms with Crippen LogP contribution in [0.1, 0.15) is 11.3 Å². The Labute approximate surface area is 123 Å². The number of nitrogens with zero attached hydrogens (tertiary/aromatic N) is 2. The van der Waals surface area contributed by atoms with E-state index >= 15 is 0 Å². The zero-order valence-electron chi connectivity index (χ0n) is 10.6. The van der Waals surface area contributed by atoms with E-state index in [-0.39, 0.29) is 23.9 Å². The van der Waals surface area contributed by atoms with E-state index in [9.17, 15) is 14.5 Å². The van der Waals surface area contributed by atoms with Crippen LogP contribution in [0.2, 0.25) is 0 Å². The van der Waals surface area contributed by atoms with E-state index in [0.717, 1.165) is 4.47 Å². The monoisotopic (exact) mass is 339 g/mol. The maximum absolute atomic E-state index is 13.6. The van der Waals surface area contributed by atoms with Gasteiger partial charge in [-0.05, 0) is 31.2 Å². The average Bonchev–Trinajstić information content (AvgIpc) is 2.39. The molecule has 0 bridgehead atoms. The van der Waals surface area contributed by atoms with Gasteiger partial charge in [0.05, 0.1) is 4.92 Å². The molecule has 0 saturated carbocycles. The van der Waals surface area contributed by atoms with Gasteiger partial charge in [0.2, 0.25) is 5.82 Å². The van der Waals surface area contributed by atoms with Crippen molar-refractivity contribution in [1.82, 2.24) is 4.98 Å². The van der Waals surface area contributed by atoms with Crippen LogP contribution in [0, 0.1) is 22.9 Å². The van der Waals surface area contributed by atoms with Gasteiger partial charge in [0, 0.05) is 28.3 Å². The van der Waals surface area contributed by atoms with Gasteiger partial charge in [-0.3, -0.25) is 10.1 Å². The van der Waals surface area contributed by atoms with Crippen molar-refractivity contribution in [3.63, 3.8) is 0 Å². The van der Waals surface area contributed by atoms with Crippen LogP contribution in [0.5, 0.6) is 0 Å². The minimum Gasteiger partial charge on any atom is -0.360 e. The number of benzene rings is 1. The Hall–Kier alpha value is -2.02. The Bertz CT molecular complexity index is 664. The van der Waals surface area contributed by atoms with E-state index in [1.807, 2.05) is 0 Å². The Morgan fingerprint density at radius 1 is 1.40 bits per heavy atom. The summed E-state index contributed by atoms with van der Waals surface area (Å²) in [6.45, 7) is 1.84. The number of rotatable bonds is 4.